The van der Waals surface area contributed by atoms with E-state index >= 15 is 0 Å². The van der Waals surface area contributed by atoms with Crippen LogP contribution in [0.4, 0.5) is 0 Å². The minimum atomic E-state index is -0.473. The third-order valence-corrected chi connectivity index (χ3v) is 2.30. The van der Waals surface area contributed by atoms with Gasteiger partial charge >= 0.3 is 0 Å². The zero-order valence-electron chi connectivity index (χ0n) is 7.37. The lowest BCUT2D eigenvalue weighted by atomic mass is 10.0. The Hall–Kier alpha value is -1.31. The third kappa shape index (κ3) is 1.95. The number of phenolic OH excluding ortho intramolecular Hbond substituents is 1. The summed E-state index contributed by atoms with van der Waals surface area (Å²) >= 11 is 3.23. The number of hydrogen-bond donors (Lipinski definition) is 2. The summed E-state index contributed by atoms with van der Waals surface area (Å²) in [6.45, 7) is 3.53. The molecule has 0 aliphatic heterocycles. The van der Waals surface area contributed by atoms with E-state index in [4.69, 9.17) is 11.0 Å². The first-order valence-corrected chi connectivity index (χ1v) is 4.70. The molecule has 1 aromatic carbocycles. The van der Waals surface area contributed by atoms with E-state index < -0.39 is 6.04 Å². The van der Waals surface area contributed by atoms with Gasteiger partial charge in [-0.15, -0.1) is 6.58 Å². The normalized spacial score (nSPS) is 11.8. The molecule has 0 radical (unpaired) electrons. The second-order valence-corrected chi connectivity index (χ2v) is 3.68. The second-order valence-electron chi connectivity index (χ2n) is 2.76. The lowest BCUT2D eigenvalue weighted by molar-refractivity contribution is 0.464. The Labute approximate surface area is 90.6 Å². The van der Waals surface area contributed by atoms with Gasteiger partial charge in [-0.25, -0.2) is 0 Å². The van der Waals surface area contributed by atoms with Gasteiger partial charge in [0.15, 0.2) is 0 Å². The van der Waals surface area contributed by atoms with Gasteiger partial charge in [-0.2, -0.15) is 5.26 Å². The van der Waals surface area contributed by atoms with Crippen molar-refractivity contribution in [1.82, 2.24) is 0 Å². The molecule has 3 nitrogen and oxygen atoms in total. The number of aromatic hydroxyl groups is 1. The van der Waals surface area contributed by atoms with Crippen molar-refractivity contribution in [1.29, 1.82) is 5.26 Å². The van der Waals surface area contributed by atoms with E-state index in [9.17, 15) is 5.11 Å². The number of phenols is 1. The number of hydrogen-bond acceptors (Lipinski definition) is 3. The Morgan fingerprint density at radius 1 is 1.64 bits per heavy atom. The highest BCUT2D eigenvalue weighted by molar-refractivity contribution is 9.10. The van der Waals surface area contributed by atoms with Gasteiger partial charge in [-0.1, -0.05) is 22.0 Å². The molecule has 1 rings (SSSR count). The van der Waals surface area contributed by atoms with E-state index in [1.165, 1.54) is 12.1 Å². The molecule has 0 saturated heterocycles. The summed E-state index contributed by atoms with van der Waals surface area (Å²) in [5.41, 5.74) is 6.37. The van der Waals surface area contributed by atoms with Gasteiger partial charge in [-0.05, 0) is 12.1 Å². The van der Waals surface area contributed by atoms with Crippen LogP contribution in [-0.2, 0) is 0 Å². The summed E-state index contributed by atoms with van der Waals surface area (Å²) in [6.07, 6.45) is 1.50. The maximum Gasteiger partial charge on any atom is 0.138 e. The first kappa shape index (κ1) is 10.8. The molecule has 0 spiro atoms. The molecule has 0 amide bonds. The molecule has 0 aliphatic rings. The van der Waals surface area contributed by atoms with Crippen molar-refractivity contribution in [2.45, 2.75) is 6.04 Å². The quantitative estimate of drug-likeness (QED) is 0.794. The van der Waals surface area contributed by atoms with Gasteiger partial charge in [0.05, 0.1) is 11.6 Å². The van der Waals surface area contributed by atoms with Crippen LogP contribution < -0.4 is 5.73 Å². The maximum atomic E-state index is 9.64. The summed E-state index contributed by atoms with van der Waals surface area (Å²) in [7, 11) is 0. The molecule has 1 unspecified atom stereocenters. The summed E-state index contributed by atoms with van der Waals surface area (Å²) in [5.74, 6) is -0.0805. The van der Waals surface area contributed by atoms with E-state index in [0.29, 0.717) is 10.0 Å². The molecule has 14 heavy (non-hydrogen) atoms. The Morgan fingerprint density at radius 2 is 2.29 bits per heavy atom. The van der Waals surface area contributed by atoms with Crippen molar-refractivity contribution >= 4 is 15.9 Å². The van der Waals surface area contributed by atoms with Gasteiger partial charge < -0.3 is 10.8 Å². The van der Waals surface area contributed by atoms with Crippen LogP contribution in [0.1, 0.15) is 17.2 Å². The first-order valence-electron chi connectivity index (χ1n) is 3.90. The number of rotatable bonds is 2. The molecule has 0 bridgehead atoms. The van der Waals surface area contributed by atoms with Crippen LogP contribution in [0.25, 0.3) is 0 Å². The zero-order chi connectivity index (χ0) is 10.7. The minimum Gasteiger partial charge on any atom is -0.506 e. The van der Waals surface area contributed by atoms with Crippen LogP contribution in [0.3, 0.4) is 0 Å². The molecule has 4 heteroatoms. The molecule has 0 fully saturated rings. The van der Waals surface area contributed by atoms with Gasteiger partial charge in [-0.3, -0.25) is 0 Å². The van der Waals surface area contributed by atoms with Crippen molar-refractivity contribution in [2.24, 2.45) is 5.73 Å². The number of nitrogens with zero attached hydrogens (tertiary/aromatic N) is 1. The van der Waals surface area contributed by atoms with Crippen molar-refractivity contribution in [3.63, 3.8) is 0 Å². The summed E-state index contributed by atoms with van der Waals surface area (Å²) < 4.78 is 0.708. The van der Waals surface area contributed by atoms with Gasteiger partial charge in [0.2, 0.25) is 0 Å². The lowest BCUT2D eigenvalue weighted by Crippen LogP contribution is -2.07. The highest BCUT2D eigenvalue weighted by Gasteiger charge is 2.12. The van der Waals surface area contributed by atoms with Crippen molar-refractivity contribution in [2.75, 3.05) is 0 Å². The van der Waals surface area contributed by atoms with Gasteiger partial charge in [0.1, 0.15) is 11.8 Å². The SMILES string of the molecule is C=CC(N)c1cc(Br)cc(C#N)c1O. The Balaban J connectivity index is 3.37. The predicted molar refractivity (Wildman–Crippen MR) is 57.6 cm³/mol. The van der Waals surface area contributed by atoms with E-state index in [0.717, 1.165) is 0 Å². The number of nitrogens with two attached hydrogens (primary N) is 1. The highest BCUT2D eigenvalue weighted by Crippen LogP contribution is 2.30. The molecule has 0 heterocycles. The highest BCUT2D eigenvalue weighted by atomic mass is 79.9. The fourth-order valence-corrected chi connectivity index (χ4v) is 1.56. The first-order chi connectivity index (χ1) is 6.60. The van der Waals surface area contributed by atoms with E-state index in [2.05, 4.69) is 22.5 Å². The Bertz CT molecular complexity index is 409. The number of halogens is 1. The molecule has 1 aromatic rings. The summed E-state index contributed by atoms with van der Waals surface area (Å²) in [5, 5.41) is 18.4. The minimum absolute atomic E-state index is 0.0805. The summed E-state index contributed by atoms with van der Waals surface area (Å²) in [4.78, 5) is 0. The van der Waals surface area contributed by atoms with Gasteiger partial charge in [0, 0.05) is 10.0 Å². The number of nitriles is 1. The fraction of sp³-hybridized carbons (Fsp3) is 0.100. The zero-order valence-corrected chi connectivity index (χ0v) is 8.95. The molecular weight excluding hydrogens is 244 g/mol. The largest absolute Gasteiger partial charge is 0.506 e. The second kappa shape index (κ2) is 4.27. The van der Waals surface area contributed by atoms with Crippen LogP contribution in [0.15, 0.2) is 29.3 Å². The fourth-order valence-electron chi connectivity index (χ4n) is 1.09. The number of benzene rings is 1. The molecule has 0 aromatic heterocycles. The topological polar surface area (TPSA) is 70.0 Å². The molecular formula is C10H9BrN2O. The molecule has 1 atom stereocenters. The van der Waals surface area contributed by atoms with Crippen molar-refractivity contribution in [3.8, 4) is 11.8 Å². The van der Waals surface area contributed by atoms with E-state index in [1.807, 2.05) is 6.07 Å². The predicted octanol–water partition coefficient (Wildman–Crippen LogP) is 2.21. The average Bonchev–Trinajstić information content (AvgIpc) is 2.19. The smallest absolute Gasteiger partial charge is 0.138 e. The van der Waals surface area contributed by atoms with E-state index in [1.54, 1.807) is 6.07 Å². The van der Waals surface area contributed by atoms with Crippen LogP contribution in [0, 0.1) is 11.3 Å². The van der Waals surface area contributed by atoms with Crippen LogP contribution in [-0.4, -0.2) is 5.11 Å². The standard InChI is InChI=1S/C10H9BrN2O/c1-2-9(13)8-4-7(11)3-6(5-12)10(8)14/h2-4,9,14H,1,13H2. The average molecular weight is 253 g/mol. The molecule has 72 valence electrons. The maximum absolute atomic E-state index is 9.64. The Morgan fingerprint density at radius 3 is 2.79 bits per heavy atom. The molecule has 0 aliphatic carbocycles. The van der Waals surface area contributed by atoms with Crippen LogP contribution in [0.5, 0.6) is 5.75 Å². The third-order valence-electron chi connectivity index (χ3n) is 1.84. The monoisotopic (exact) mass is 252 g/mol. The van der Waals surface area contributed by atoms with Crippen LogP contribution >= 0.6 is 15.9 Å². The van der Waals surface area contributed by atoms with Crippen LogP contribution in [0.2, 0.25) is 0 Å². The Kier molecular flexibility index (Phi) is 3.28. The molecule has 3 N–H and O–H groups in total. The molecule has 0 saturated carbocycles. The van der Waals surface area contributed by atoms with Crippen molar-refractivity contribution < 1.29 is 5.11 Å². The van der Waals surface area contributed by atoms with E-state index in [-0.39, 0.29) is 11.3 Å². The van der Waals surface area contributed by atoms with Gasteiger partial charge in [0.25, 0.3) is 0 Å². The van der Waals surface area contributed by atoms with Crippen molar-refractivity contribution in [3.05, 3.63) is 40.4 Å². The summed E-state index contributed by atoms with van der Waals surface area (Å²) in [6, 6.07) is 4.62. The lowest BCUT2D eigenvalue weighted by Gasteiger charge is -2.10.